The zero-order chi connectivity index (χ0) is 18.1. The molecule has 2 aromatic carbocycles. The van der Waals surface area contributed by atoms with Gasteiger partial charge in [-0.3, -0.25) is 0 Å². The van der Waals surface area contributed by atoms with Gasteiger partial charge in [0.05, 0.1) is 28.1 Å². The van der Waals surface area contributed by atoms with Gasteiger partial charge < -0.3 is 10.4 Å². The molecule has 0 amide bonds. The number of nitrogens with one attached hydrogen (secondary N) is 1. The summed E-state index contributed by atoms with van der Waals surface area (Å²) in [5, 5.41) is 11.2. The molecule has 0 fully saturated rings. The van der Waals surface area contributed by atoms with Crippen LogP contribution in [0.5, 0.6) is 0 Å². The van der Waals surface area contributed by atoms with Gasteiger partial charge in [0.2, 0.25) is 0 Å². The van der Waals surface area contributed by atoms with Gasteiger partial charge in [0.1, 0.15) is 0 Å². The summed E-state index contributed by atoms with van der Waals surface area (Å²) in [4.78, 5) is 11.1. The first-order valence-corrected chi connectivity index (χ1v) is 6.38. The average Bonchev–Trinajstić information content (AvgIpc) is 2.45. The van der Waals surface area contributed by atoms with Crippen LogP contribution in [0.2, 0.25) is 0 Å². The Morgan fingerprint density at radius 3 is 1.96 bits per heavy atom. The monoisotopic (exact) mass is 349 g/mol. The molecule has 0 saturated heterocycles. The minimum absolute atomic E-state index is 0.255. The van der Waals surface area contributed by atoms with Gasteiger partial charge in [-0.1, -0.05) is 18.2 Å². The zero-order valence-electron chi connectivity index (χ0n) is 11.7. The minimum atomic E-state index is -5.29. The first-order chi connectivity index (χ1) is 11.0. The molecule has 0 aliphatic rings. The largest absolute Gasteiger partial charge is 0.478 e. The molecule has 0 atom stereocenters. The van der Waals surface area contributed by atoms with E-state index in [1.54, 1.807) is 0 Å². The maximum atomic E-state index is 13.1. The van der Waals surface area contributed by atoms with E-state index >= 15 is 0 Å². The first-order valence-electron chi connectivity index (χ1n) is 6.38. The van der Waals surface area contributed by atoms with E-state index in [2.05, 4.69) is 5.32 Å². The maximum absolute atomic E-state index is 13.1. The van der Waals surface area contributed by atoms with Crippen molar-refractivity contribution in [1.82, 2.24) is 0 Å². The first kappa shape index (κ1) is 17.6. The van der Waals surface area contributed by atoms with Crippen molar-refractivity contribution in [2.24, 2.45) is 0 Å². The summed E-state index contributed by atoms with van der Waals surface area (Å²) in [6.45, 7) is 0. The van der Waals surface area contributed by atoms with E-state index in [1.165, 1.54) is 12.1 Å². The molecule has 0 aromatic heterocycles. The predicted molar refractivity (Wildman–Crippen MR) is 73.1 cm³/mol. The quantitative estimate of drug-likeness (QED) is 0.752. The molecule has 0 unspecified atom stereocenters. The van der Waals surface area contributed by atoms with Crippen molar-refractivity contribution in [3.8, 4) is 0 Å². The van der Waals surface area contributed by atoms with Crippen LogP contribution in [0, 0.1) is 0 Å². The van der Waals surface area contributed by atoms with Crippen LogP contribution >= 0.6 is 0 Å². The molecular formula is C15H9F6NO2. The molecule has 128 valence electrons. The lowest BCUT2D eigenvalue weighted by molar-refractivity contribution is -0.161. The highest BCUT2D eigenvalue weighted by atomic mass is 19.4. The predicted octanol–water partition coefficient (Wildman–Crippen LogP) is 5.17. The summed E-state index contributed by atoms with van der Waals surface area (Å²) >= 11 is 0. The number of aromatic carboxylic acids is 1. The van der Waals surface area contributed by atoms with Gasteiger partial charge in [-0.25, -0.2) is 4.79 Å². The zero-order valence-corrected chi connectivity index (χ0v) is 11.7. The fraction of sp³-hybridized carbons (Fsp3) is 0.133. The van der Waals surface area contributed by atoms with Gasteiger partial charge in [0.15, 0.2) is 0 Å². The second-order valence-corrected chi connectivity index (χ2v) is 4.70. The van der Waals surface area contributed by atoms with Gasteiger partial charge in [-0.05, 0) is 24.3 Å². The second kappa shape index (κ2) is 6.06. The van der Waals surface area contributed by atoms with E-state index in [9.17, 15) is 31.1 Å². The van der Waals surface area contributed by atoms with E-state index in [0.29, 0.717) is 6.07 Å². The Hall–Kier alpha value is -2.71. The van der Waals surface area contributed by atoms with Crippen molar-refractivity contribution in [3.63, 3.8) is 0 Å². The third-order valence-corrected chi connectivity index (χ3v) is 3.08. The number of anilines is 2. The van der Waals surface area contributed by atoms with E-state index in [-0.39, 0.29) is 11.3 Å². The van der Waals surface area contributed by atoms with Crippen molar-refractivity contribution in [1.29, 1.82) is 0 Å². The third-order valence-electron chi connectivity index (χ3n) is 3.08. The van der Waals surface area contributed by atoms with E-state index < -0.39 is 35.1 Å². The normalized spacial score (nSPS) is 12.1. The fourth-order valence-corrected chi connectivity index (χ4v) is 2.12. The fourth-order valence-electron chi connectivity index (χ4n) is 2.12. The number of hydrogen-bond acceptors (Lipinski definition) is 2. The summed E-state index contributed by atoms with van der Waals surface area (Å²) in [5.41, 5.74) is -5.27. The van der Waals surface area contributed by atoms with Gasteiger partial charge in [0, 0.05) is 0 Å². The molecule has 0 aliphatic carbocycles. The summed E-state index contributed by atoms with van der Waals surface area (Å²) in [6, 6.07) is 6.88. The van der Waals surface area contributed by atoms with Crippen LogP contribution in [0.3, 0.4) is 0 Å². The van der Waals surface area contributed by atoms with Crippen LogP contribution < -0.4 is 5.32 Å². The van der Waals surface area contributed by atoms with Gasteiger partial charge in [0.25, 0.3) is 0 Å². The van der Waals surface area contributed by atoms with Gasteiger partial charge in [-0.2, -0.15) is 26.3 Å². The summed E-state index contributed by atoms with van der Waals surface area (Å²) in [6.07, 6.45) is -10.5. The standard InChI is InChI=1S/C15H9F6NO2/c16-14(17,18)9-5-3-7-11(12(9)15(19,20)21)22-10-6-2-1-4-8(10)13(23)24/h1-7,22H,(H,23,24). The minimum Gasteiger partial charge on any atom is -0.478 e. The Kier molecular flexibility index (Phi) is 4.46. The number of carbonyl (C=O) groups is 1. The van der Waals surface area contributed by atoms with E-state index in [4.69, 9.17) is 5.11 Å². The molecule has 0 spiro atoms. The molecule has 0 radical (unpaired) electrons. The second-order valence-electron chi connectivity index (χ2n) is 4.70. The molecule has 0 saturated carbocycles. The van der Waals surface area contributed by atoms with E-state index in [0.717, 1.165) is 24.3 Å². The lowest BCUT2D eigenvalue weighted by Gasteiger charge is -2.20. The molecule has 0 aliphatic heterocycles. The number of benzene rings is 2. The number of alkyl halides is 6. The Bertz CT molecular complexity index is 767. The molecule has 0 heterocycles. The van der Waals surface area contributed by atoms with Crippen LogP contribution in [-0.2, 0) is 12.4 Å². The smallest absolute Gasteiger partial charge is 0.419 e. The Balaban J connectivity index is 2.63. The molecule has 2 rings (SSSR count). The topological polar surface area (TPSA) is 49.3 Å². The van der Waals surface area contributed by atoms with Crippen LogP contribution in [0.15, 0.2) is 42.5 Å². The van der Waals surface area contributed by atoms with Crippen LogP contribution in [0.4, 0.5) is 37.7 Å². The SMILES string of the molecule is O=C(O)c1ccccc1Nc1cccc(C(F)(F)F)c1C(F)(F)F. The summed E-state index contributed by atoms with van der Waals surface area (Å²) in [7, 11) is 0. The van der Waals surface area contributed by atoms with Crippen molar-refractivity contribution >= 4 is 17.3 Å². The highest BCUT2D eigenvalue weighted by Crippen LogP contribution is 2.44. The lowest BCUT2D eigenvalue weighted by atomic mass is 10.0. The van der Waals surface area contributed by atoms with Crippen molar-refractivity contribution in [3.05, 3.63) is 59.2 Å². The van der Waals surface area contributed by atoms with Crippen molar-refractivity contribution in [2.45, 2.75) is 12.4 Å². The lowest BCUT2D eigenvalue weighted by Crippen LogP contribution is -2.18. The third kappa shape index (κ3) is 3.61. The Morgan fingerprint density at radius 1 is 0.833 bits per heavy atom. The number of halogens is 6. The molecular weight excluding hydrogens is 340 g/mol. The van der Waals surface area contributed by atoms with Crippen molar-refractivity contribution in [2.75, 3.05) is 5.32 Å². The average molecular weight is 349 g/mol. The summed E-state index contributed by atoms with van der Waals surface area (Å²) < 4.78 is 78.1. The van der Waals surface area contributed by atoms with Crippen LogP contribution in [0.1, 0.15) is 21.5 Å². The molecule has 9 heteroatoms. The highest BCUT2D eigenvalue weighted by molar-refractivity contribution is 5.95. The highest BCUT2D eigenvalue weighted by Gasteiger charge is 2.44. The Morgan fingerprint density at radius 2 is 1.42 bits per heavy atom. The van der Waals surface area contributed by atoms with Gasteiger partial charge >= 0.3 is 18.3 Å². The van der Waals surface area contributed by atoms with E-state index in [1.807, 2.05) is 0 Å². The van der Waals surface area contributed by atoms with Crippen LogP contribution in [-0.4, -0.2) is 11.1 Å². The van der Waals surface area contributed by atoms with Gasteiger partial charge in [-0.15, -0.1) is 0 Å². The molecule has 3 nitrogen and oxygen atoms in total. The van der Waals surface area contributed by atoms with Crippen molar-refractivity contribution < 1.29 is 36.2 Å². The number of rotatable bonds is 3. The molecule has 2 N–H and O–H groups in total. The number of carboxylic acid groups (broad SMARTS) is 1. The molecule has 24 heavy (non-hydrogen) atoms. The Labute approximate surface area is 131 Å². The van der Waals surface area contributed by atoms with Crippen LogP contribution in [0.25, 0.3) is 0 Å². The number of para-hydroxylation sites is 1. The number of hydrogen-bond donors (Lipinski definition) is 2. The summed E-state index contributed by atoms with van der Waals surface area (Å²) in [5.74, 6) is -1.43. The molecule has 0 bridgehead atoms. The number of carboxylic acids is 1. The molecule has 2 aromatic rings. The maximum Gasteiger partial charge on any atom is 0.419 e.